The van der Waals surface area contributed by atoms with Crippen LogP contribution in [0.5, 0.6) is 0 Å². The normalized spacial score (nSPS) is 9.88. The van der Waals surface area contributed by atoms with Crippen molar-refractivity contribution in [3.05, 3.63) is 40.0 Å². The summed E-state index contributed by atoms with van der Waals surface area (Å²) in [5, 5.41) is 18.7. The average molecular weight is 292 g/mol. The largest absolute Gasteiger partial charge is 0.384 e. The molecule has 5 nitrogen and oxygen atoms in total. The molecule has 0 radical (unpaired) electrons. The molecule has 2 rings (SSSR count). The summed E-state index contributed by atoms with van der Waals surface area (Å²) in [6.07, 6.45) is 1.66. The maximum atomic E-state index is 9.05. The van der Waals surface area contributed by atoms with Crippen molar-refractivity contribution in [3.63, 3.8) is 0 Å². The van der Waals surface area contributed by atoms with Crippen molar-refractivity contribution in [1.82, 2.24) is 10.2 Å². The average Bonchev–Trinajstić information content (AvgIpc) is 2.72. The molecule has 17 heavy (non-hydrogen) atoms. The quantitative estimate of drug-likeness (QED) is 0.809. The number of H-pyrrole nitrogens is 1. The predicted octanol–water partition coefficient (Wildman–Crippen LogP) is 2.24. The molecule has 0 amide bonds. The summed E-state index contributed by atoms with van der Waals surface area (Å²) in [4.78, 5) is 0. The van der Waals surface area contributed by atoms with Gasteiger partial charge in [0.1, 0.15) is 11.9 Å². The number of benzene rings is 1. The van der Waals surface area contributed by atoms with E-state index in [-0.39, 0.29) is 0 Å². The first-order valence-corrected chi connectivity index (χ1v) is 5.72. The maximum absolute atomic E-state index is 9.05. The Bertz CT molecular complexity index is 569. The summed E-state index contributed by atoms with van der Waals surface area (Å²) >= 11 is 3.33. The minimum absolute atomic E-state index is 0.521. The van der Waals surface area contributed by atoms with E-state index < -0.39 is 0 Å². The first kappa shape index (κ1) is 11.5. The van der Waals surface area contributed by atoms with Crippen LogP contribution in [0.4, 0.5) is 11.5 Å². The second kappa shape index (κ2) is 4.89. The number of nitriles is 1. The lowest BCUT2D eigenvalue weighted by Crippen LogP contribution is -2.03. The molecule has 0 unspecified atom stereocenters. The van der Waals surface area contributed by atoms with E-state index in [1.807, 2.05) is 18.2 Å². The molecule has 2 aromatic rings. The smallest absolute Gasteiger partial charge is 0.123 e. The summed E-state index contributed by atoms with van der Waals surface area (Å²) in [7, 11) is 0. The van der Waals surface area contributed by atoms with Crippen LogP contribution in [0.1, 0.15) is 11.1 Å². The number of hydrogen-bond acceptors (Lipinski definition) is 4. The van der Waals surface area contributed by atoms with Crippen molar-refractivity contribution < 1.29 is 0 Å². The Kier molecular flexibility index (Phi) is 3.30. The van der Waals surface area contributed by atoms with Gasteiger partial charge < -0.3 is 11.1 Å². The van der Waals surface area contributed by atoms with Crippen molar-refractivity contribution in [2.75, 3.05) is 11.1 Å². The second-order valence-corrected chi connectivity index (χ2v) is 4.29. The molecular weight excluding hydrogens is 282 g/mol. The zero-order valence-corrected chi connectivity index (χ0v) is 10.5. The van der Waals surface area contributed by atoms with Gasteiger partial charge in [0, 0.05) is 16.6 Å². The van der Waals surface area contributed by atoms with Crippen molar-refractivity contribution in [3.8, 4) is 6.07 Å². The van der Waals surface area contributed by atoms with Gasteiger partial charge in [-0.05, 0) is 28.1 Å². The van der Waals surface area contributed by atoms with Crippen LogP contribution < -0.4 is 11.1 Å². The Morgan fingerprint density at radius 1 is 1.53 bits per heavy atom. The summed E-state index contributed by atoms with van der Waals surface area (Å²) in [5.41, 5.74) is 7.89. The van der Waals surface area contributed by atoms with E-state index in [9.17, 15) is 0 Å². The molecule has 0 fully saturated rings. The van der Waals surface area contributed by atoms with Crippen molar-refractivity contribution in [2.24, 2.45) is 0 Å². The van der Waals surface area contributed by atoms with Crippen LogP contribution in [0.3, 0.4) is 0 Å². The molecule has 86 valence electrons. The van der Waals surface area contributed by atoms with Gasteiger partial charge in [0.25, 0.3) is 0 Å². The third kappa shape index (κ3) is 2.40. The lowest BCUT2D eigenvalue weighted by atomic mass is 10.2. The fourth-order valence-electron chi connectivity index (χ4n) is 1.44. The van der Waals surface area contributed by atoms with Gasteiger partial charge in [-0.3, -0.25) is 5.10 Å². The number of hydrogen-bond donors (Lipinski definition) is 3. The molecule has 0 bridgehead atoms. The highest BCUT2D eigenvalue weighted by Crippen LogP contribution is 2.24. The van der Waals surface area contributed by atoms with Crippen LogP contribution in [0.2, 0.25) is 0 Å². The van der Waals surface area contributed by atoms with Crippen LogP contribution in [0, 0.1) is 11.3 Å². The minimum Gasteiger partial charge on any atom is -0.384 e. The minimum atomic E-state index is 0.521. The third-order valence-corrected chi connectivity index (χ3v) is 3.01. The van der Waals surface area contributed by atoms with E-state index in [0.717, 1.165) is 15.7 Å². The molecule has 1 heterocycles. The van der Waals surface area contributed by atoms with Gasteiger partial charge in [-0.15, -0.1) is 0 Å². The van der Waals surface area contributed by atoms with Crippen LogP contribution in [-0.2, 0) is 6.54 Å². The van der Waals surface area contributed by atoms with Crippen LogP contribution in [-0.4, -0.2) is 10.2 Å². The van der Waals surface area contributed by atoms with Gasteiger partial charge in [-0.2, -0.15) is 10.4 Å². The molecule has 4 N–H and O–H groups in total. The van der Waals surface area contributed by atoms with Crippen molar-refractivity contribution >= 4 is 27.4 Å². The fourth-order valence-corrected chi connectivity index (χ4v) is 1.89. The number of anilines is 2. The number of aromatic nitrogens is 2. The molecule has 0 atom stereocenters. The van der Waals surface area contributed by atoms with E-state index >= 15 is 0 Å². The number of nitrogens with two attached hydrogens (primary N) is 1. The highest BCUT2D eigenvalue weighted by molar-refractivity contribution is 9.10. The molecule has 0 spiro atoms. The molecule has 1 aromatic carbocycles. The van der Waals surface area contributed by atoms with E-state index in [4.69, 9.17) is 11.0 Å². The summed E-state index contributed by atoms with van der Waals surface area (Å²) in [5.74, 6) is 0.533. The molecule has 6 heteroatoms. The van der Waals surface area contributed by atoms with Crippen molar-refractivity contribution in [1.29, 1.82) is 5.26 Å². The van der Waals surface area contributed by atoms with Gasteiger partial charge in [0.2, 0.25) is 0 Å². The first-order valence-electron chi connectivity index (χ1n) is 4.92. The lowest BCUT2D eigenvalue weighted by Gasteiger charge is -2.08. The Labute approximate surface area is 107 Å². The molecule has 0 aliphatic carbocycles. The summed E-state index contributed by atoms with van der Waals surface area (Å²) in [6, 6.07) is 7.69. The molecular formula is C11H10BrN5. The number of rotatable bonds is 3. The van der Waals surface area contributed by atoms with Gasteiger partial charge in [-0.1, -0.05) is 6.07 Å². The van der Waals surface area contributed by atoms with Crippen LogP contribution >= 0.6 is 15.9 Å². The first-order chi connectivity index (χ1) is 8.22. The van der Waals surface area contributed by atoms with E-state index in [1.54, 1.807) is 6.20 Å². The molecule has 1 aromatic heterocycles. The summed E-state index contributed by atoms with van der Waals surface area (Å²) in [6.45, 7) is 0.521. The van der Waals surface area contributed by atoms with E-state index in [1.165, 1.54) is 0 Å². The van der Waals surface area contributed by atoms with Gasteiger partial charge in [0.05, 0.1) is 17.4 Å². The maximum Gasteiger partial charge on any atom is 0.123 e. The molecule has 0 saturated heterocycles. The highest BCUT2D eigenvalue weighted by Gasteiger charge is 2.06. The predicted molar refractivity (Wildman–Crippen MR) is 69.2 cm³/mol. The number of nitrogens with one attached hydrogen (secondary N) is 2. The van der Waals surface area contributed by atoms with Crippen LogP contribution in [0.25, 0.3) is 0 Å². The molecule has 0 saturated carbocycles. The Hall–Kier alpha value is -2.00. The Morgan fingerprint density at radius 2 is 2.35 bits per heavy atom. The number of nitrogens with zero attached hydrogens (tertiary/aromatic N) is 2. The van der Waals surface area contributed by atoms with E-state index in [2.05, 4.69) is 37.5 Å². The fraction of sp³-hybridized carbons (Fsp3) is 0.0909. The zero-order chi connectivity index (χ0) is 12.3. The number of aromatic amines is 1. The number of nitrogen functional groups attached to an aromatic ring is 1. The lowest BCUT2D eigenvalue weighted by molar-refractivity contribution is 1.10. The molecule has 0 aliphatic heterocycles. The van der Waals surface area contributed by atoms with Gasteiger partial charge in [-0.25, -0.2) is 0 Å². The third-order valence-electron chi connectivity index (χ3n) is 2.35. The van der Waals surface area contributed by atoms with E-state index in [0.29, 0.717) is 17.9 Å². The van der Waals surface area contributed by atoms with Gasteiger partial charge >= 0.3 is 0 Å². The topological polar surface area (TPSA) is 90.5 Å². The Balaban J connectivity index is 2.18. The second-order valence-electron chi connectivity index (χ2n) is 3.44. The molecule has 0 aliphatic rings. The zero-order valence-electron chi connectivity index (χ0n) is 8.87. The Morgan fingerprint density at radius 3 is 3.00 bits per heavy atom. The SMILES string of the molecule is N#Cc1c(Br)cccc1NCc1cn[nH]c1N. The summed E-state index contributed by atoms with van der Waals surface area (Å²) < 4.78 is 0.769. The van der Waals surface area contributed by atoms with Crippen molar-refractivity contribution in [2.45, 2.75) is 6.54 Å². The highest BCUT2D eigenvalue weighted by atomic mass is 79.9. The number of halogens is 1. The monoisotopic (exact) mass is 291 g/mol. The van der Waals surface area contributed by atoms with Gasteiger partial charge in [0.15, 0.2) is 0 Å². The van der Waals surface area contributed by atoms with Crippen LogP contribution in [0.15, 0.2) is 28.9 Å². The standard InChI is InChI=1S/C11H10BrN5/c12-9-2-1-3-10(8(9)4-13)15-5-7-6-16-17-11(7)14/h1-3,6,15H,5H2,(H3,14,16,17).